The first kappa shape index (κ1) is 24.5. The lowest BCUT2D eigenvalue weighted by molar-refractivity contribution is 0.249. The number of fused-ring (bicyclic) bond motifs is 2. The number of piperidine rings is 1. The largest absolute Gasteiger partial charge is 0.301 e. The van der Waals surface area contributed by atoms with E-state index in [1.165, 1.54) is 28.6 Å². The summed E-state index contributed by atoms with van der Waals surface area (Å²) >= 11 is 12.1. The second-order valence-corrected chi connectivity index (χ2v) is 11.7. The SMILES string of the molecule is O=S(=O)(Nc1ccc(Cl)cc1Cl)N1CCCC(C2c3ccc(F)cc3CCc3cc(F)ccc32)C1. The lowest BCUT2D eigenvalue weighted by Gasteiger charge is -2.37. The van der Waals surface area contributed by atoms with E-state index in [9.17, 15) is 17.2 Å². The molecule has 0 saturated carbocycles. The molecule has 0 amide bonds. The van der Waals surface area contributed by atoms with Gasteiger partial charge < -0.3 is 0 Å². The molecule has 9 heteroatoms. The molecule has 1 aliphatic heterocycles. The Morgan fingerprint density at radius 1 is 0.886 bits per heavy atom. The van der Waals surface area contributed by atoms with Crippen molar-refractivity contribution in [3.05, 3.63) is 98.5 Å². The number of hydrogen-bond acceptors (Lipinski definition) is 2. The monoisotopic (exact) mass is 536 g/mol. The van der Waals surface area contributed by atoms with Gasteiger partial charge >= 0.3 is 10.2 Å². The zero-order chi connectivity index (χ0) is 24.7. The Labute approximate surface area is 214 Å². The molecule has 1 aliphatic carbocycles. The van der Waals surface area contributed by atoms with Crippen LogP contribution in [0.2, 0.25) is 10.0 Å². The third kappa shape index (κ3) is 5.05. The van der Waals surface area contributed by atoms with E-state index in [4.69, 9.17) is 23.2 Å². The molecule has 1 saturated heterocycles. The van der Waals surface area contributed by atoms with Crippen molar-refractivity contribution in [1.29, 1.82) is 0 Å². The minimum atomic E-state index is -3.88. The first-order chi connectivity index (χ1) is 16.7. The van der Waals surface area contributed by atoms with Gasteiger partial charge in [-0.2, -0.15) is 12.7 Å². The fraction of sp³-hybridized carbons (Fsp3) is 0.308. The van der Waals surface area contributed by atoms with Crippen LogP contribution in [0, 0.1) is 17.6 Å². The maximum absolute atomic E-state index is 14.1. The molecule has 184 valence electrons. The minimum absolute atomic E-state index is 0.0625. The van der Waals surface area contributed by atoms with E-state index in [0.29, 0.717) is 30.8 Å². The van der Waals surface area contributed by atoms with Crippen LogP contribution in [0.25, 0.3) is 0 Å². The fourth-order valence-corrected chi connectivity index (χ4v) is 7.23. The third-order valence-corrected chi connectivity index (χ3v) is 8.98. The van der Waals surface area contributed by atoms with Gasteiger partial charge in [-0.1, -0.05) is 35.3 Å². The molecule has 1 unspecified atom stereocenters. The molecule has 2 aliphatic rings. The van der Waals surface area contributed by atoms with E-state index < -0.39 is 10.2 Å². The van der Waals surface area contributed by atoms with E-state index in [1.54, 1.807) is 30.3 Å². The lowest BCUT2D eigenvalue weighted by atomic mass is 9.75. The molecule has 5 rings (SSSR count). The fourth-order valence-electron chi connectivity index (χ4n) is 5.37. The Kier molecular flexibility index (Phi) is 6.79. The predicted octanol–water partition coefficient (Wildman–Crippen LogP) is 6.57. The topological polar surface area (TPSA) is 49.4 Å². The van der Waals surface area contributed by atoms with Crippen LogP contribution >= 0.6 is 23.2 Å². The molecule has 0 aromatic heterocycles. The van der Waals surface area contributed by atoms with Gasteiger partial charge in [0, 0.05) is 24.0 Å². The normalized spacial score (nSPS) is 19.0. The van der Waals surface area contributed by atoms with Crippen molar-refractivity contribution in [2.75, 3.05) is 17.8 Å². The number of anilines is 1. The quantitative estimate of drug-likeness (QED) is 0.409. The second-order valence-electron chi connectivity index (χ2n) is 9.16. The van der Waals surface area contributed by atoms with Gasteiger partial charge in [-0.15, -0.1) is 0 Å². The third-order valence-electron chi connectivity index (χ3n) is 6.95. The van der Waals surface area contributed by atoms with Gasteiger partial charge in [0.25, 0.3) is 0 Å². The van der Waals surface area contributed by atoms with Crippen LogP contribution in [0.1, 0.15) is 41.0 Å². The van der Waals surface area contributed by atoms with Crippen LogP contribution in [0.4, 0.5) is 14.5 Å². The first-order valence-corrected chi connectivity index (χ1v) is 13.7. The summed E-state index contributed by atoms with van der Waals surface area (Å²) in [6.45, 7) is 0.648. The van der Waals surface area contributed by atoms with Crippen LogP contribution in [0.5, 0.6) is 0 Å². The molecule has 4 nitrogen and oxygen atoms in total. The molecule has 0 spiro atoms. The summed E-state index contributed by atoms with van der Waals surface area (Å²) in [4.78, 5) is 0. The average molecular weight is 537 g/mol. The molecular weight excluding hydrogens is 513 g/mol. The van der Waals surface area contributed by atoms with E-state index in [2.05, 4.69) is 4.72 Å². The smallest absolute Gasteiger partial charge is 0.269 e. The second kappa shape index (κ2) is 9.69. The highest BCUT2D eigenvalue weighted by Gasteiger charge is 2.37. The van der Waals surface area contributed by atoms with E-state index in [1.807, 2.05) is 0 Å². The first-order valence-electron chi connectivity index (χ1n) is 11.5. The predicted molar refractivity (Wildman–Crippen MR) is 135 cm³/mol. The highest BCUT2D eigenvalue weighted by molar-refractivity contribution is 7.90. The zero-order valence-electron chi connectivity index (χ0n) is 18.8. The van der Waals surface area contributed by atoms with Crippen molar-refractivity contribution in [3.8, 4) is 0 Å². The Hall–Kier alpha value is -2.19. The van der Waals surface area contributed by atoms with Crippen LogP contribution in [-0.2, 0) is 23.1 Å². The van der Waals surface area contributed by atoms with Gasteiger partial charge in [-0.3, -0.25) is 4.72 Å². The van der Waals surface area contributed by atoms with Gasteiger partial charge in [0.2, 0.25) is 0 Å². The molecule has 35 heavy (non-hydrogen) atoms. The summed E-state index contributed by atoms with van der Waals surface area (Å²) in [6, 6.07) is 14.2. The van der Waals surface area contributed by atoms with E-state index in [-0.39, 0.29) is 40.7 Å². The molecule has 1 heterocycles. The van der Waals surface area contributed by atoms with Gasteiger partial charge in [0.05, 0.1) is 10.7 Å². The van der Waals surface area contributed by atoms with Gasteiger partial charge in [-0.05, 0) is 96.3 Å². The van der Waals surface area contributed by atoms with Crippen molar-refractivity contribution in [1.82, 2.24) is 4.31 Å². The molecule has 1 fully saturated rings. The Balaban J connectivity index is 1.49. The summed E-state index contributed by atoms with van der Waals surface area (Å²) in [5.41, 5.74) is 3.99. The highest BCUT2D eigenvalue weighted by Crippen LogP contribution is 2.43. The number of rotatable bonds is 4. The number of nitrogens with one attached hydrogen (secondary N) is 1. The van der Waals surface area contributed by atoms with E-state index >= 15 is 0 Å². The molecule has 0 radical (unpaired) electrons. The summed E-state index contributed by atoms with van der Waals surface area (Å²) in [7, 11) is -3.88. The molecule has 0 bridgehead atoms. The lowest BCUT2D eigenvalue weighted by Crippen LogP contribution is -2.44. The summed E-state index contributed by atoms with van der Waals surface area (Å²) in [5.74, 6) is -0.846. The highest BCUT2D eigenvalue weighted by atomic mass is 35.5. The summed E-state index contributed by atoms with van der Waals surface area (Å²) in [5, 5.41) is 0.625. The maximum atomic E-state index is 14.1. The Morgan fingerprint density at radius 2 is 1.51 bits per heavy atom. The number of halogens is 4. The van der Waals surface area contributed by atoms with Gasteiger partial charge in [-0.25, -0.2) is 8.78 Å². The van der Waals surface area contributed by atoms with Gasteiger partial charge in [0.1, 0.15) is 11.6 Å². The Morgan fingerprint density at radius 3 is 2.11 bits per heavy atom. The van der Waals surface area contributed by atoms with Crippen molar-refractivity contribution >= 4 is 39.1 Å². The average Bonchev–Trinajstić information content (AvgIpc) is 2.97. The van der Waals surface area contributed by atoms with Crippen LogP contribution in [0.3, 0.4) is 0 Å². The molecule has 1 atom stereocenters. The number of hydrogen-bond donors (Lipinski definition) is 1. The number of aryl methyl sites for hydroxylation is 2. The zero-order valence-corrected chi connectivity index (χ0v) is 21.1. The van der Waals surface area contributed by atoms with Crippen LogP contribution in [-0.4, -0.2) is 25.8 Å². The van der Waals surface area contributed by atoms with Crippen LogP contribution in [0.15, 0.2) is 54.6 Å². The number of benzene rings is 3. The van der Waals surface area contributed by atoms with Crippen molar-refractivity contribution in [2.45, 2.75) is 31.6 Å². The van der Waals surface area contributed by atoms with E-state index in [0.717, 1.165) is 28.7 Å². The molecule has 3 aromatic rings. The Bertz CT molecular complexity index is 1330. The standard InChI is InChI=1S/C26H24Cl2F2N2O2S/c27-19-5-10-25(24(28)14-19)31-35(33,34)32-11-1-2-18(15-32)26-22-8-6-20(29)12-16(22)3-4-17-13-21(30)7-9-23(17)26/h5-10,12-14,18,26,31H,1-4,11,15H2. The molecule has 1 N–H and O–H groups in total. The van der Waals surface area contributed by atoms with Crippen molar-refractivity contribution < 1.29 is 17.2 Å². The number of nitrogens with zero attached hydrogens (tertiary/aromatic N) is 1. The molecule has 3 aromatic carbocycles. The maximum Gasteiger partial charge on any atom is 0.301 e. The van der Waals surface area contributed by atoms with Crippen molar-refractivity contribution in [2.24, 2.45) is 5.92 Å². The van der Waals surface area contributed by atoms with Gasteiger partial charge in [0.15, 0.2) is 0 Å². The van der Waals surface area contributed by atoms with Crippen molar-refractivity contribution in [3.63, 3.8) is 0 Å². The minimum Gasteiger partial charge on any atom is -0.269 e. The summed E-state index contributed by atoms with van der Waals surface area (Å²) in [6.07, 6.45) is 2.67. The summed E-state index contributed by atoms with van der Waals surface area (Å²) < 4.78 is 58.8. The van der Waals surface area contributed by atoms with Crippen LogP contribution < -0.4 is 4.72 Å². The molecular formula is C26H24Cl2F2N2O2S.